The molecule has 2 nitrogen and oxygen atoms in total. The van der Waals surface area contributed by atoms with Gasteiger partial charge in [-0.3, -0.25) is 0 Å². The number of sulfone groups is 1. The minimum absolute atomic E-state index is 0.462. The molecule has 1 aliphatic heterocycles. The SMILES string of the molecule is CCC1=CC=C(C)S1(=O)=O. The third-order valence-corrected chi connectivity index (χ3v) is 3.72. The highest BCUT2D eigenvalue weighted by atomic mass is 32.2. The van der Waals surface area contributed by atoms with E-state index in [4.69, 9.17) is 0 Å². The molecule has 1 heterocycles. The van der Waals surface area contributed by atoms with E-state index in [2.05, 4.69) is 0 Å². The van der Waals surface area contributed by atoms with Crippen LogP contribution in [0.5, 0.6) is 0 Å². The fourth-order valence-electron chi connectivity index (χ4n) is 0.904. The molecular weight excluding hydrogens is 148 g/mol. The minimum Gasteiger partial charge on any atom is -0.219 e. The summed E-state index contributed by atoms with van der Waals surface area (Å²) >= 11 is 0. The van der Waals surface area contributed by atoms with Gasteiger partial charge in [0.05, 0.1) is 0 Å². The minimum atomic E-state index is -2.99. The highest BCUT2D eigenvalue weighted by Crippen LogP contribution is 2.25. The summed E-state index contributed by atoms with van der Waals surface area (Å²) in [5.74, 6) is 0. The Labute approximate surface area is 61.2 Å². The zero-order valence-corrected chi connectivity index (χ0v) is 6.90. The normalized spacial score (nSPS) is 22.2. The second kappa shape index (κ2) is 2.23. The average molecular weight is 158 g/mol. The molecule has 0 aromatic rings. The van der Waals surface area contributed by atoms with E-state index in [1.54, 1.807) is 19.1 Å². The third-order valence-electron chi connectivity index (χ3n) is 1.62. The Morgan fingerprint density at radius 2 is 2.00 bits per heavy atom. The Kier molecular flexibility index (Phi) is 1.68. The maximum Gasteiger partial charge on any atom is 0.198 e. The van der Waals surface area contributed by atoms with Crippen molar-refractivity contribution in [2.45, 2.75) is 20.3 Å². The maximum atomic E-state index is 11.2. The molecule has 0 saturated heterocycles. The monoisotopic (exact) mass is 158 g/mol. The van der Waals surface area contributed by atoms with Crippen LogP contribution in [0.1, 0.15) is 20.3 Å². The van der Waals surface area contributed by atoms with E-state index in [0.29, 0.717) is 16.2 Å². The van der Waals surface area contributed by atoms with Crippen LogP contribution >= 0.6 is 0 Å². The Hall–Kier alpha value is -0.570. The molecule has 0 fully saturated rings. The van der Waals surface area contributed by atoms with Crippen LogP contribution in [0.15, 0.2) is 22.0 Å². The first-order chi connectivity index (χ1) is 4.59. The molecule has 0 aliphatic carbocycles. The van der Waals surface area contributed by atoms with E-state index in [1.165, 1.54) is 0 Å². The van der Waals surface area contributed by atoms with Crippen molar-refractivity contribution in [2.75, 3.05) is 0 Å². The summed E-state index contributed by atoms with van der Waals surface area (Å²) < 4.78 is 22.4. The summed E-state index contributed by atoms with van der Waals surface area (Å²) in [6.07, 6.45) is 3.91. The summed E-state index contributed by atoms with van der Waals surface area (Å²) in [5, 5.41) is 0. The van der Waals surface area contributed by atoms with Crippen molar-refractivity contribution in [2.24, 2.45) is 0 Å². The standard InChI is InChI=1S/C7H10O2S/c1-3-7-5-4-6(2)10(7,8)9/h4-5H,3H2,1-2H3. The van der Waals surface area contributed by atoms with Gasteiger partial charge in [-0.1, -0.05) is 6.92 Å². The van der Waals surface area contributed by atoms with Crippen molar-refractivity contribution in [1.82, 2.24) is 0 Å². The second-order valence-corrected chi connectivity index (χ2v) is 4.44. The Morgan fingerprint density at radius 3 is 2.20 bits per heavy atom. The van der Waals surface area contributed by atoms with Crippen LogP contribution in [0.2, 0.25) is 0 Å². The lowest BCUT2D eigenvalue weighted by Gasteiger charge is -1.98. The van der Waals surface area contributed by atoms with Crippen molar-refractivity contribution in [3.63, 3.8) is 0 Å². The molecule has 0 spiro atoms. The van der Waals surface area contributed by atoms with Crippen molar-refractivity contribution >= 4 is 9.84 Å². The molecule has 10 heavy (non-hydrogen) atoms. The van der Waals surface area contributed by atoms with Crippen LogP contribution < -0.4 is 0 Å². The lowest BCUT2D eigenvalue weighted by Crippen LogP contribution is -1.99. The molecule has 1 aliphatic rings. The smallest absolute Gasteiger partial charge is 0.198 e. The number of hydrogen-bond acceptors (Lipinski definition) is 2. The molecule has 0 saturated carbocycles. The molecule has 3 heteroatoms. The summed E-state index contributed by atoms with van der Waals surface area (Å²) in [7, 11) is -2.99. The fraction of sp³-hybridized carbons (Fsp3) is 0.429. The highest BCUT2D eigenvalue weighted by Gasteiger charge is 2.21. The molecule has 0 atom stereocenters. The van der Waals surface area contributed by atoms with E-state index in [9.17, 15) is 8.42 Å². The zero-order valence-electron chi connectivity index (χ0n) is 6.09. The van der Waals surface area contributed by atoms with Crippen molar-refractivity contribution in [1.29, 1.82) is 0 Å². The maximum absolute atomic E-state index is 11.2. The van der Waals surface area contributed by atoms with Gasteiger partial charge in [-0.25, -0.2) is 8.42 Å². The van der Waals surface area contributed by atoms with Gasteiger partial charge in [-0.15, -0.1) is 0 Å². The summed E-state index contributed by atoms with van der Waals surface area (Å²) in [4.78, 5) is 0.995. The van der Waals surface area contributed by atoms with E-state index in [0.717, 1.165) is 0 Å². The topological polar surface area (TPSA) is 34.1 Å². The van der Waals surface area contributed by atoms with Crippen LogP contribution in [0.3, 0.4) is 0 Å². The van der Waals surface area contributed by atoms with Gasteiger partial charge in [0.25, 0.3) is 0 Å². The number of allylic oxidation sites excluding steroid dienone is 4. The quantitative estimate of drug-likeness (QED) is 0.581. The lowest BCUT2D eigenvalue weighted by atomic mass is 10.4. The average Bonchev–Trinajstić information content (AvgIpc) is 2.10. The predicted molar refractivity (Wildman–Crippen MR) is 41.1 cm³/mol. The molecule has 0 aromatic heterocycles. The first-order valence-corrected chi connectivity index (χ1v) is 4.70. The van der Waals surface area contributed by atoms with Gasteiger partial charge in [0, 0.05) is 9.81 Å². The summed E-state index contributed by atoms with van der Waals surface area (Å²) in [5.41, 5.74) is 0. The van der Waals surface area contributed by atoms with Crippen LogP contribution in [0.25, 0.3) is 0 Å². The third kappa shape index (κ3) is 0.904. The molecule has 0 radical (unpaired) electrons. The second-order valence-electron chi connectivity index (χ2n) is 2.27. The first kappa shape index (κ1) is 7.54. The molecule has 0 unspecified atom stereocenters. The molecule has 0 amide bonds. The first-order valence-electron chi connectivity index (χ1n) is 3.21. The molecule has 0 N–H and O–H groups in total. The summed E-state index contributed by atoms with van der Waals surface area (Å²) in [6.45, 7) is 3.46. The molecular formula is C7H10O2S. The largest absolute Gasteiger partial charge is 0.219 e. The Morgan fingerprint density at radius 1 is 1.40 bits per heavy atom. The Balaban J connectivity index is 3.14. The predicted octanol–water partition coefficient (Wildman–Crippen LogP) is 1.61. The van der Waals surface area contributed by atoms with Gasteiger partial charge >= 0.3 is 0 Å². The van der Waals surface area contributed by atoms with Gasteiger partial charge in [0.15, 0.2) is 9.84 Å². The Bertz CT molecular complexity index is 294. The fourth-order valence-corrected chi connectivity index (χ4v) is 2.19. The summed E-state index contributed by atoms with van der Waals surface area (Å²) in [6, 6.07) is 0. The van der Waals surface area contributed by atoms with Gasteiger partial charge in [-0.2, -0.15) is 0 Å². The van der Waals surface area contributed by atoms with Crippen LogP contribution in [-0.2, 0) is 9.84 Å². The highest BCUT2D eigenvalue weighted by molar-refractivity contribution is 7.99. The van der Waals surface area contributed by atoms with Crippen LogP contribution in [-0.4, -0.2) is 8.42 Å². The van der Waals surface area contributed by atoms with Gasteiger partial charge in [-0.05, 0) is 25.5 Å². The van der Waals surface area contributed by atoms with Gasteiger partial charge < -0.3 is 0 Å². The van der Waals surface area contributed by atoms with Crippen molar-refractivity contribution < 1.29 is 8.42 Å². The van der Waals surface area contributed by atoms with Crippen molar-refractivity contribution in [3.8, 4) is 0 Å². The van der Waals surface area contributed by atoms with Crippen molar-refractivity contribution in [3.05, 3.63) is 22.0 Å². The van der Waals surface area contributed by atoms with E-state index >= 15 is 0 Å². The molecule has 0 aromatic carbocycles. The lowest BCUT2D eigenvalue weighted by molar-refractivity contribution is 0.607. The molecule has 1 rings (SSSR count). The van der Waals surface area contributed by atoms with Gasteiger partial charge in [0.2, 0.25) is 0 Å². The number of rotatable bonds is 1. The van der Waals surface area contributed by atoms with Crippen LogP contribution in [0.4, 0.5) is 0 Å². The van der Waals surface area contributed by atoms with E-state index in [1.807, 2.05) is 6.92 Å². The number of hydrogen-bond donors (Lipinski definition) is 0. The van der Waals surface area contributed by atoms with Gasteiger partial charge in [0.1, 0.15) is 0 Å². The van der Waals surface area contributed by atoms with Crippen LogP contribution in [0, 0.1) is 0 Å². The van der Waals surface area contributed by atoms with E-state index in [-0.39, 0.29) is 0 Å². The molecule has 0 bridgehead atoms. The zero-order chi connectivity index (χ0) is 7.78. The molecule has 56 valence electrons. The van der Waals surface area contributed by atoms with E-state index < -0.39 is 9.84 Å².